The number of halogens is 1. The molecule has 128 valence electrons. The summed E-state index contributed by atoms with van der Waals surface area (Å²) in [7, 11) is 4.81. The van der Waals surface area contributed by atoms with E-state index in [0.29, 0.717) is 41.0 Å². The molecule has 0 fully saturated rings. The van der Waals surface area contributed by atoms with Crippen molar-refractivity contribution in [3.8, 4) is 17.2 Å². The number of amides is 1. The van der Waals surface area contributed by atoms with Crippen molar-refractivity contribution in [3.05, 3.63) is 53.1 Å². The minimum Gasteiger partial charge on any atom is -0.497 e. The van der Waals surface area contributed by atoms with Crippen LogP contribution >= 0.6 is 11.6 Å². The first-order chi connectivity index (χ1) is 11.5. The molecular weight excluding hydrogens is 330 g/mol. The van der Waals surface area contributed by atoms with Gasteiger partial charge in [-0.25, -0.2) is 0 Å². The molecule has 5 nitrogen and oxygen atoms in total. The fourth-order valence-corrected chi connectivity index (χ4v) is 2.29. The molecule has 0 bridgehead atoms. The first-order valence-corrected chi connectivity index (χ1v) is 7.78. The first-order valence-electron chi connectivity index (χ1n) is 7.40. The SMILES string of the molecule is COc1cc(OC)cc(C(=O)N(C)CCOc2cccc(Cl)c2)c1. The molecule has 0 saturated heterocycles. The van der Waals surface area contributed by atoms with Crippen molar-refractivity contribution in [1.29, 1.82) is 0 Å². The number of carbonyl (C=O) groups is 1. The quantitative estimate of drug-likeness (QED) is 0.767. The highest BCUT2D eigenvalue weighted by molar-refractivity contribution is 6.30. The summed E-state index contributed by atoms with van der Waals surface area (Å²) in [6.45, 7) is 0.800. The summed E-state index contributed by atoms with van der Waals surface area (Å²) in [4.78, 5) is 14.1. The Hall–Kier alpha value is -2.40. The van der Waals surface area contributed by atoms with E-state index in [1.54, 1.807) is 56.5 Å². The van der Waals surface area contributed by atoms with Gasteiger partial charge in [-0.1, -0.05) is 17.7 Å². The summed E-state index contributed by atoms with van der Waals surface area (Å²) in [5.41, 5.74) is 0.497. The third-order valence-electron chi connectivity index (χ3n) is 3.44. The minimum absolute atomic E-state index is 0.137. The molecule has 0 aliphatic heterocycles. The number of nitrogens with zero attached hydrogens (tertiary/aromatic N) is 1. The van der Waals surface area contributed by atoms with Gasteiger partial charge in [0.15, 0.2) is 0 Å². The summed E-state index contributed by atoms with van der Waals surface area (Å²) < 4.78 is 16.0. The topological polar surface area (TPSA) is 48.0 Å². The van der Waals surface area contributed by atoms with E-state index < -0.39 is 0 Å². The van der Waals surface area contributed by atoms with Crippen molar-refractivity contribution in [2.24, 2.45) is 0 Å². The molecule has 0 aliphatic rings. The lowest BCUT2D eigenvalue weighted by atomic mass is 10.1. The summed E-state index contributed by atoms with van der Waals surface area (Å²) in [6.07, 6.45) is 0. The van der Waals surface area contributed by atoms with Crippen molar-refractivity contribution < 1.29 is 19.0 Å². The Morgan fingerprint density at radius 3 is 2.29 bits per heavy atom. The lowest BCUT2D eigenvalue weighted by Crippen LogP contribution is -2.30. The predicted octanol–water partition coefficient (Wildman–Crippen LogP) is 3.51. The molecular formula is C18H20ClNO4. The van der Waals surface area contributed by atoms with Crippen molar-refractivity contribution >= 4 is 17.5 Å². The van der Waals surface area contributed by atoms with Gasteiger partial charge in [-0.3, -0.25) is 4.79 Å². The number of likely N-dealkylation sites (N-methyl/N-ethyl adjacent to an activating group) is 1. The van der Waals surface area contributed by atoms with Crippen LogP contribution in [-0.2, 0) is 0 Å². The second-order valence-corrected chi connectivity index (χ2v) is 5.57. The van der Waals surface area contributed by atoms with E-state index in [1.807, 2.05) is 12.1 Å². The second kappa shape index (κ2) is 8.45. The fraction of sp³-hybridized carbons (Fsp3) is 0.278. The summed E-state index contributed by atoms with van der Waals surface area (Å²) in [5.74, 6) is 1.68. The Bertz CT molecular complexity index is 683. The average Bonchev–Trinajstić information content (AvgIpc) is 2.60. The lowest BCUT2D eigenvalue weighted by Gasteiger charge is -2.18. The highest BCUT2D eigenvalue weighted by atomic mass is 35.5. The van der Waals surface area contributed by atoms with E-state index in [9.17, 15) is 4.79 Å². The standard InChI is InChI=1S/C18H20ClNO4/c1-20(7-8-24-15-6-4-5-14(19)11-15)18(21)13-9-16(22-2)12-17(10-13)23-3/h4-6,9-12H,7-8H2,1-3H3. The smallest absolute Gasteiger partial charge is 0.253 e. The monoisotopic (exact) mass is 349 g/mol. The van der Waals surface area contributed by atoms with Crippen LogP contribution in [0, 0.1) is 0 Å². The van der Waals surface area contributed by atoms with Crippen LogP contribution < -0.4 is 14.2 Å². The second-order valence-electron chi connectivity index (χ2n) is 5.13. The van der Waals surface area contributed by atoms with Crippen molar-refractivity contribution in [3.63, 3.8) is 0 Å². The maximum Gasteiger partial charge on any atom is 0.253 e. The van der Waals surface area contributed by atoms with Crippen LogP contribution in [0.4, 0.5) is 0 Å². The summed E-state index contributed by atoms with van der Waals surface area (Å²) in [5, 5.41) is 0.611. The van der Waals surface area contributed by atoms with Gasteiger partial charge < -0.3 is 19.1 Å². The van der Waals surface area contributed by atoms with Gasteiger partial charge in [-0.2, -0.15) is 0 Å². The van der Waals surface area contributed by atoms with Gasteiger partial charge in [0, 0.05) is 23.7 Å². The Kier molecular flexibility index (Phi) is 6.32. The maximum atomic E-state index is 12.5. The molecule has 0 spiro atoms. The number of carbonyl (C=O) groups excluding carboxylic acids is 1. The minimum atomic E-state index is -0.137. The highest BCUT2D eigenvalue weighted by Crippen LogP contribution is 2.23. The van der Waals surface area contributed by atoms with Crippen LogP contribution in [0.3, 0.4) is 0 Å². The molecule has 24 heavy (non-hydrogen) atoms. The van der Waals surface area contributed by atoms with Crippen LogP contribution in [0.2, 0.25) is 5.02 Å². The molecule has 0 heterocycles. The van der Waals surface area contributed by atoms with E-state index >= 15 is 0 Å². The van der Waals surface area contributed by atoms with E-state index in [-0.39, 0.29) is 5.91 Å². The number of ether oxygens (including phenoxy) is 3. The Morgan fingerprint density at radius 1 is 1.04 bits per heavy atom. The third-order valence-corrected chi connectivity index (χ3v) is 3.67. The number of hydrogen-bond donors (Lipinski definition) is 0. The van der Waals surface area contributed by atoms with Crippen molar-refractivity contribution in [2.45, 2.75) is 0 Å². The van der Waals surface area contributed by atoms with Crippen LogP contribution in [0.15, 0.2) is 42.5 Å². The molecule has 2 aromatic carbocycles. The zero-order chi connectivity index (χ0) is 17.5. The molecule has 2 aromatic rings. The number of benzene rings is 2. The zero-order valence-corrected chi connectivity index (χ0v) is 14.7. The number of rotatable bonds is 7. The molecule has 0 N–H and O–H groups in total. The molecule has 2 rings (SSSR count). The van der Waals surface area contributed by atoms with Gasteiger partial charge in [-0.05, 0) is 30.3 Å². The van der Waals surface area contributed by atoms with Crippen LogP contribution in [-0.4, -0.2) is 45.2 Å². The normalized spacial score (nSPS) is 10.2. The highest BCUT2D eigenvalue weighted by Gasteiger charge is 2.14. The van der Waals surface area contributed by atoms with Crippen LogP contribution in [0.1, 0.15) is 10.4 Å². The van der Waals surface area contributed by atoms with Crippen molar-refractivity contribution in [2.75, 3.05) is 34.4 Å². The van der Waals surface area contributed by atoms with Crippen LogP contribution in [0.5, 0.6) is 17.2 Å². The molecule has 0 unspecified atom stereocenters. The molecule has 0 radical (unpaired) electrons. The molecule has 6 heteroatoms. The van der Waals surface area contributed by atoms with Gasteiger partial charge in [0.05, 0.1) is 20.8 Å². The van der Waals surface area contributed by atoms with Crippen molar-refractivity contribution in [1.82, 2.24) is 4.90 Å². The van der Waals surface area contributed by atoms with Gasteiger partial charge in [0.2, 0.25) is 0 Å². The van der Waals surface area contributed by atoms with Gasteiger partial charge in [0.25, 0.3) is 5.91 Å². The maximum absolute atomic E-state index is 12.5. The predicted molar refractivity (Wildman–Crippen MR) is 93.5 cm³/mol. The van der Waals surface area contributed by atoms with Gasteiger partial charge >= 0.3 is 0 Å². The Labute approximate surface area is 146 Å². The zero-order valence-electron chi connectivity index (χ0n) is 13.9. The molecule has 0 atom stereocenters. The fourth-order valence-electron chi connectivity index (χ4n) is 2.11. The molecule has 1 amide bonds. The number of hydrogen-bond acceptors (Lipinski definition) is 4. The van der Waals surface area contributed by atoms with Crippen LogP contribution in [0.25, 0.3) is 0 Å². The largest absolute Gasteiger partial charge is 0.497 e. The lowest BCUT2D eigenvalue weighted by molar-refractivity contribution is 0.0773. The van der Waals surface area contributed by atoms with E-state index in [0.717, 1.165) is 0 Å². The van der Waals surface area contributed by atoms with E-state index in [1.165, 1.54) is 0 Å². The summed E-state index contributed by atoms with van der Waals surface area (Å²) >= 11 is 5.91. The molecule has 0 aliphatic carbocycles. The van der Waals surface area contributed by atoms with E-state index in [4.69, 9.17) is 25.8 Å². The van der Waals surface area contributed by atoms with E-state index in [2.05, 4.69) is 0 Å². The molecule has 0 aromatic heterocycles. The molecule has 0 saturated carbocycles. The average molecular weight is 350 g/mol. The van der Waals surface area contributed by atoms with Gasteiger partial charge in [-0.15, -0.1) is 0 Å². The number of methoxy groups -OCH3 is 2. The Balaban J connectivity index is 1.96. The first kappa shape index (κ1) is 17.9. The summed E-state index contributed by atoms with van der Waals surface area (Å²) in [6, 6.07) is 12.2. The Morgan fingerprint density at radius 2 is 1.71 bits per heavy atom. The van der Waals surface area contributed by atoms with Gasteiger partial charge in [0.1, 0.15) is 23.9 Å². The third kappa shape index (κ3) is 4.80.